The number of carbonyl (C=O) groups excluding carboxylic acids is 1. The van der Waals surface area contributed by atoms with Crippen LogP contribution in [0.25, 0.3) is 5.65 Å². The number of nitrogens with one attached hydrogen (secondary N) is 1. The molecule has 3 aromatic rings. The van der Waals surface area contributed by atoms with E-state index in [-0.39, 0.29) is 24.9 Å². The second-order valence-corrected chi connectivity index (χ2v) is 7.41. The van der Waals surface area contributed by atoms with Gasteiger partial charge in [-0.15, -0.1) is 12.4 Å². The molecule has 0 spiro atoms. The molecular weight excluding hydrogens is 388 g/mol. The summed E-state index contributed by atoms with van der Waals surface area (Å²) in [6.07, 6.45) is 2.00. The lowest BCUT2D eigenvalue weighted by Crippen LogP contribution is -2.41. The van der Waals surface area contributed by atoms with E-state index in [1.807, 2.05) is 19.2 Å². The smallest absolute Gasteiger partial charge is 0.253 e. The third-order valence-electron chi connectivity index (χ3n) is 5.58. The van der Waals surface area contributed by atoms with E-state index in [9.17, 15) is 4.79 Å². The lowest BCUT2D eigenvalue weighted by atomic mass is 10.0. The Kier molecular flexibility index (Phi) is 6.15. The van der Waals surface area contributed by atoms with E-state index < -0.39 is 0 Å². The third-order valence-corrected chi connectivity index (χ3v) is 5.58. The fourth-order valence-corrected chi connectivity index (χ4v) is 3.74. The highest BCUT2D eigenvalue weighted by Crippen LogP contribution is 2.28. The molecule has 1 aliphatic rings. The van der Waals surface area contributed by atoms with Gasteiger partial charge in [0.15, 0.2) is 5.65 Å². The number of pyridine rings is 1. The number of morpholine rings is 1. The number of halogens is 1. The number of aryl methyl sites for hydroxylation is 4. The fraction of sp³-hybridized carbons (Fsp3) is 0.364. The first kappa shape index (κ1) is 21.1. The van der Waals surface area contributed by atoms with Crippen molar-refractivity contribution in [2.45, 2.75) is 34.2 Å². The molecule has 0 aliphatic carbocycles. The Morgan fingerprint density at radius 2 is 1.90 bits per heavy atom. The van der Waals surface area contributed by atoms with Crippen molar-refractivity contribution in [3.8, 4) is 0 Å². The minimum absolute atomic E-state index is 0. The number of benzene rings is 1. The van der Waals surface area contributed by atoms with E-state index in [1.165, 1.54) is 16.7 Å². The van der Waals surface area contributed by atoms with Crippen LogP contribution in [0, 0.1) is 27.7 Å². The maximum Gasteiger partial charge on any atom is 0.253 e. The summed E-state index contributed by atoms with van der Waals surface area (Å²) in [5.74, 6) is -0.0132. The molecule has 0 atom stereocenters. The van der Waals surface area contributed by atoms with Crippen LogP contribution in [0.5, 0.6) is 0 Å². The summed E-state index contributed by atoms with van der Waals surface area (Å²) in [7, 11) is 0. The molecule has 1 saturated heterocycles. The van der Waals surface area contributed by atoms with Crippen molar-refractivity contribution in [1.29, 1.82) is 0 Å². The average Bonchev–Trinajstić information content (AvgIpc) is 2.96. The van der Waals surface area contributed by atoms with Crippen molar-refractivity contribution in [2.75, 3.05) is 30.0 Å². The van der Waals surface area contributed by atoms with Crippen LogP contribution in [0.3, 0.4) is 0 Å². The average molecular weight is 415 g/mol. The van der Waals surface area contributed by atoms with Crippen LogP contribution in [-0.4, -0.2) is 35.1 Å². The molecule has 1 amide bonds. The predicted octanol–water partition coefficient (Wildman–Crippen LogP) is 3.97. The molecule has 0 bridgehead atoms. The monoisotopic (exact) mass is 414 g/mol. The van der Waals surface area contributed by atoms with Crippen LogP contribution in [0.4, 0.5) is 11.4 Å². The summed E-state index contributed by atoms with van der Waals surface area (Å²) < 4.78 is 7.35. The summed E-state index contributed by atoms with van der Waals surface area (Å²) in [5, 5.41) is 3.57. The molecule has 3 heterocycles. The molecule has 0 saturated carbocycles. The maximum absolute atomic E-state index is 12.4. The van der Waals surface area contributed by atoms with Gasteiger partial charge < -0.3 is 19.4 Å². The highest BCUT2D eigenvalue weighted by atomic mass is 35.5. The molecule has 4 rings (SSSR count). The van der Waals surface area contributed by atoms with Crippen molar-refractivity contribution in [1.82, 2.24) is 9.38 Å². The normalized spacial score (nSPS) is 14.2. The molecule has 1 aliphatic heterocycles. The summed E-state index contributed by atoms with van der Waals surface area (Å²) in [4.78, 5) is 18.9. The number of amides is 1. The van der Waals surface area contributed by atoms with Crippen molar-refractivity contribution in [3.63, 3.8) is 0 Å². The van der Waals surface area contributed by atoms with Gasteiger partial charge in [-0.25, -0.2) is 4.98 Å². The fourth-order valence-electron chi connectivity index (χ4n) is 3.74. The Morgan fingerprint density at radius 1 is 1.17 bits per heavy atom. The molecule has 1 fully saturated rings. The largest absolute Gasteiger partial charge is 0.378 e. The Balaban J connectivity index is 0.00000240. The maximum atomic E-state index is 12.4. The van der Waals surface area contributed by atoms with Crippen LogP contribution >= 0.6 is 12.4 Å². The van der Waals surface area contributed by atoms with Crippen molar-refractivity contribution < 1.29 is 9.53 Å². The summed E-state index contributed by atoms with van der Waals surface area (Å²) in [5.41, 5.74) is 8.55. The SMILES string of the molecule is Cc1cccc(C)c1CNc1cc(N2CCOCC2=O)cn2c(C)c(C)nc12.Cl. The van der Waals surface area contributed by atoms with Gasteiger partial charge in [0.2, 0.25) is 0 Å². The highest BCUT2D eigenvalue weighted by molar-refractivity contribution is 5.95. The molecular formula is C22H27ClN4O2. The molecule has 0 unspecified atom stereocenters. The molecule has 1 N–H and O–H groups in total. The molecule has 2 aromatic heterocycles. The van der Waals surface area contributed by atoms with E-state index in [0.717, 1.165) is 28.4 Å². The molecule has 29 heavy (non-hydrogen) atoms. The minimum atomic E-state index is -0.0132. The predicted molar refractivity (Wildman–Crippen MR) is 118 cm³/mol. The topological polar surface area (TPSA) is 58.9 Å². The first-order valence-electron chi connectivity index (χ1n) is 9.62. The third kappa shape index (κ3) is 3.95. The van der Waals surface area contributed by atoms with Gasteiger partial charge in [-0.2, -0.15) is 0 Å². The molecule has 7 heteroatoms. The van der Waals surface area contributed by atoms with Gasteiger partial charge in [-0.3, -0.25) is 4.79 Å². The number of nitrogens with zero attached hydrogens (tertiary/aromatic N) is 3. The van der Waals surface area contributed by atoms with Crippen LogP contribution < -0.4 is 10.2 Å². The highest BCUT2D eigenvalue weighted by Gasteiger charge is 2.22. The van der Waals surface area contributed by atoms with Gasteiger partial charge in [-0.1, -0.05) is 18.2 Å². The Labute approximate surface area is 177 Å². The number of aromatic nitrogens is 2. The van der Waals surface area contributed by atoms with Crippen LogP contribution in [0.1, 0.15) is 28.1 Å². The lowest BCUT2D eigenvalue weighted by Gasteiger charge is -2.27. The minimum Gasteiger partial charge on any atom is -0.378 e. The zero-order valence-electron chi connectivity index (χ0n) is 17.3. The molecule has 6 nitrogen and oxygen atoms in total. The van der Waals surface area contributed by atoms with Gasteiger partial charge >= 0.3 is 0 Å². The summed E-state index contributed by atoms with van der Waals surface area (Å²) in [6, 6.07) is 8.37. The number of rotatable bonds is 4. The second-order valence-electron chi connectivity index (χ2n) is 7.41. The first-order chi connectivity index (χ1) is 13.5. The molecule has 0 radical (unpaired) electrons. The molecule has 154 valence electrons. The van der Waals surface area contributed by atoms with Gasteiger partial charge in [-0.05, 0) is 50.5 Å². The van der Waals surface area contributed by atoms with Crippen molar-refractivity contribution in [3.05, 3.63) is 58.5 Å². The quantitative estimate of drug-likeness (QED) is 0.701. The van der Waals surface area contributed by atoms with Gasteiger partial charge in [0.1, 0.15) is 6.61 Å². The number of hydrogen-bond donors (Lipinski definition) is 1. The standard InChI is InChI=1S/C22H26N4O2.ClH/c1-14-6-5-7-15(2)19(14)11-23-20-10-18(25-8-9-28-13-21(25)27)12-26-17(4)16(3)24-22(20)26;/h5-7,10,12,23H,8-9,11,13H2,1-4H3;1H. The number of ether oxygens (including phenoxy) is 1. The van der Waals surface area contributed by atoms with Crippen LogP contribution in [0.2, 0.25) is 0 Å². The van der Waals surface area contributed by atoms with Crippen molar-refractivity contribution in [2.24, 2.45) is 0 Å². The van der Waals surface area contributed by atoms with Gasteiger partial charge in [0.05, 0.1) is 23.7 Å². The van der Waals surface area contributed by atoms with E-state index >= 15 is 0 Å². The summed E-state index contributed by atoms with van der Waals surface area (Å²) in [6.45, 7) is 10.3. The Morgan fingerprint density at radius 3 is 2.59 bits per heavy atom. The van der Waals surface area contributed by atoms with E-state index in [0.29, 0.717) is 19.7 Å². The zero-order chi connectivity index (χ0) is 19.8. The first-order valence-corrected chi connectivity index (χ1v) is 9.62. The zero-order valence-corrected chi connectivity index (χ0v) is 18.1. The Hall–Kier alpha value is -2.57. The van der Waals surface area contributed by atoms with Crippen molar-refractivity contribution >= 4 is 35.3 Å². The van der Waals surface area contributed by atoms with Crippen LogP contribution in [-0.2, 0) is 16.1 Å². The van der Waals surface area contributed by atoms with Crippen LogP contribution in [0.15, 0.2) is 30.5 Å². The van der Waals surface area contributed by atoms with E-state index in [2.05, 4.69) is 48.7 Å². The van der Waals surface area contributed by atoms with Gasteiger partial charge in [0, 0.05) is 25.0 Å². The van der Waals surface area contributed by atoms with E-state index in [4.69, 9.17) is 9.72 Å². The number of hydrogen-bond acceptors (Lipinski definition) is 4. The number of fused-ring (bicyclic) bond motifs is 1. The number of imidazole rings is 1. The number of anilines is 2. The van der Waals surface area contributed by atoms with Gasteiger partial charge in [0.25, 0.3) is 5.91 Å². The molecule has 1 aromatic carbocycles. The van der Waals surface area contributed by atoms with E-state index in [1.54, 1.807) is 4.90 Å². The lowest BCUT2D eigenvalue weighted by molar-refractivity contribution is -0.125. The second kappa shape index (κ2) is 8.43. The summed E-state index contributed by atoms with van der Waals surface area (Å²) >= 11 is 0. The number of carbonyl (C=O) groups is 1. The Bertz CT molecular complexity index is 1040.